The van der Waals surface area contributed by atoms with Crippen molar-refractivity contribution in [1.82, 2.24) is 10.2 Å². The molecule has 0 aliphatic rings. The molecule has 0 saturated carbocycles. The number of rotatable bonds is 4. The third-order valence-corrected chi connectivity index (χ3v) is 2.80. The molecule has 5 nitrogen and oxygen atoms in total. The minimum Gasteiger partial charge on any atom is -0.480 e. The molecular weight excluding hydrogens is 202 g/mol. The van der Waals surface area contributed by atoms with Crippen LogP contribution in [0.25, 0.3) is 0 Å². The zero-order valence-corrected chi connectivity index (χ0v) is 9.13. The second-order valence-electron chi connectivity index (χ2n) is 3.30. The summed E-state index contributed by atoms with van der Waals surface area (Å²) in [5, 5.41) is 20.7. The first-order valence-corrected chi connectivity index (χ1v) is 5.15. The summed E-state index contributed by atoms with van der Waals surface area (Å²) in [6.45, 7) is 5.61. The smallest absolute Gasteiger partial charge is 0.325 e. The summed E-state index contributed by atoms with van der Waals surface area (Å²) in [5.74, 6) is -0.575. The number of hydrogen-bond donors (Lipinski definition) is 2. The number of aromatic nitrogens is 2. The molecule has 1 heterocycles. The Labute approximate surface area is 86.2 Å². The van der Waals surface area contributed by atoms with E-state index in [4.69, 9.17) is 5.11 Å². The van der Waals surface area contributed by atoms with Gasteiger partial charge in [-0.05, 0) is 6.92 Å². The molecule has 78 valence electrons. The number of anilines is 1. The van der Waals surface area contributed by atoms with Gasteiger partial charge in [-0.25, -0.2) is 0 Å². The Bertz CT molecular complexity index is 324. The van der Waals surface area contributed by atoms with Gasteiger partial charge in [-0.15, -0.1) is 10.2 Å². The molecular formula is C8H13N3O2S. The molecule has 0 aliphatic carbocycles. The van der Waals surface area contributed by atoms with Crippen LogP contribution in [0.2, 0.25) is 0 Å². The van der Waals surface area contributed by atoms with Crippen molar-refractivity contribution in [3.05, 3.63) is 5.01 Å². The highest BCUT2D eigenvalue weighted by Gasteiger charge is 2.13. The standard InChI is InChI=1S/C8H13N3O2S/c1-4(2)6-10-11-8(14-6)9-5(3)7(12)13/h4-5H,1-3H3,(H,9,11)(H,12,13)/t5-/m1/s1. The topological polar surface area (TPSA) is 75.1 Å². The van der Waals surface area contributed by atoms with Crippen LogP contribution in [0.1, 0.15) is 31.7 Å². The lowest BCUT2D eigenvalue weighted by atomic mass is 10.2. The number of nitrogens with one attached hydrogen (secondary N) is 1. The molecule has 0 unspecified atom stereocenters. The number of nitrogens with zero attached hydrogens (tertiary/aromatic N) is 2. The molecule has 1 aromatic heterocycles. The number of carboxylic acid groups (broad SMARTS) is 1. The number of carbonyl (C=O) groups is 1. The van der Waals surface area contributed by atoms with Gasteiger partial charge in [0.25, 0.3) is 0 Å². The first kappa shape index (κ1) is 10.9. The third kappa shape index (κ3) is 2.66. The molecule has 1 rings (SSSR count). The first-order valence-electron chi connectivity index (χ1n) is 4.33. The summed E-state index contributed by atoms with van der Waals surface area (Å²) in [7, 11) is 0. The molecule has 1 atom stereocenters. The van der Waals surface area contributed by atoms with Crippen LogP contribution in [-0.4, -0.2) is 27.3 Å². The molecule has 1 aromatic rings. The molecule has 0 fully saturated rings. The molecule has 0 amide bonds. The van der Waals surface area contributed by atoms with Crippen LogP contribution >= 0.6 is 11.3 Å². The maximum atomic E-state index is 10.5. The highest BCUT2D eigenvalue weighted by atomic mass is 32.1. The van der Waals surface area contributed by atoms with E-state index in [0.717, 1.165) is 5.01 Å². The average molecular weight is 215 g/mol. The van der Waals surface area contributed by atoms with Crippen LogP contribution in [0.15, 0.2) is 0 Å². The summed E-state index contributed by atoms with van der Waals surface area (Å²) in [6, 6.07) is -0.636. The lowest BCUT2D eigenvalue weighted by Crippen LogP contribution is -2.25. The van der Waals surface area contributed by atoms with E-state index < -0.39 is 12.0 Å². The minimum absolute atomic E-state index is 0.322. The highest BCUT2D eigenvalue weighted by Crippen LogP contribution is 2.22. The SMILES string of the molecule is CC(C)c1nnc(N[C@H](C)C(=O)O)s1. The molecule has 0 saturated heterocycles. The molecule has 0 spiro atoms. The summed E-state index contributed by atoms with van der Waals surface area (Å²) in [6.07, 6.45) is 0. The van der Waals surface area contributed by atoms with Crippen molar-refractivity contribution in [2.45, 2.75) is 32.7 Å². The second kappa shape index (κ2) is 4.36. The largest absolute Gasteiger partial charge is 0.480 e. The third-order valence-electron chi connectivity index (χ3n) is 1.64. The predicted octanol–water partition coefficient (Wildman–Crippen LogP) is 1.55. The van der Waals surface area contributed by atoms with E-state index in [0.29, 0.717) is 11.0 Å². The summed E-state index contributed by atoms with van der Waals surface area (Å²) >= 11 is 1.39. The van der Waals surface area contributed by atoms with Crippen LogP contribution in [0.4, 0.5) is 5.13 Å². The Morgan fingerprint density at radius 3 is 2.50 bits per heavy atom. The van der Waals surface area contributed by atoms with Crippen molar-refractivity contribution in [1.29, 1.82) is 0 Å². The van der Waals surface area contributed by atoms with Crippen LogP contribution in [-0.2, 0) is 4.79 Å². The van der Waals surface area contributed by atoms with Crippen LogP contribution in [0.3, 0.4) is 0 Å². The van der Waals surface area contributed by atoms with Gasteiger partial charge >= 0.3 is 5.97 Å². The average Bonchev–Trinajstić information content (AvgIpc) is 2.52. The number of carboxylic acids is 1. The van der Waals surface area contributed by atoms with Crippen molar-refractivity contribution in [2.75, 3.05) is 5.32 Å². The lowest BCUT2D eigenvalue weighted by Gasteiger charge is -2.05. The van der Waals surface area contributed by atoms with Gasteiger partial charge in [0.1, 0.15) is 11.0 Å². The minimum atomic E-state index is -0.897. The Morgan fingerprint density at radius 1 is 1.43 bits per heavy atom. The molecule has 0 radical (unpaired) electrons. The molecule has 0 aromatic carbocycles. The van der Waals surface area contributed by atoms with Gasteiger partial charge in [0, 0.05) is 5.92 Å². The highest BCUT2D eigenvalue weighted by molar-refractivity contribution is 7.15. The van der Waals surface area contributed by atoms with Gasteiger partial charge in [-0.1, -0.05) is 25.2 Å². The zero-order chi connectivity index (χ0) is 10.7. The normalized spacial score (nSPS) is 12.9. The predicted molar refractivity (Wildman–Crippen MR) is 54.7 cm³/mol. The fraction of sp³-hybridized carbons (Fsp3) is 0.625. The molecule has 2 N–H and O–H groups in total. The lowest BCUT2D eigenvalue weighted by molar-refractivity contribution is -0.137. The van der Waals surface area contributed by atoms with E-state index in [2.05, 4.69) is 15.5 Å². The Morgan fingerprint density at radius 2 is 2.07 bits per heavy atom. The van der Waals surface area contributed by atoms with Gasteiger partial charge in [0.2, 0.25) is 5.13 Å². The van der Waals surface area contributed by atoms with Crippen LogP contribution in [0, 0.1) is 0 Å². The molecule has 0 aliphatic heterocycles. The molecule has 14 heavy (non-hydrogen) atoms. The van der Waals surface area contributed by atoms with Crippen molar-refractivity contribution >= 4 is 22.4 Å². The quantitative estimate of drug-likeness (QED) is 0.797. The van der Waals surface area contributed by atoms with Gasteiger partial charge in [0.05, 0.1) is 0 Å². The summed E-state index contributed by atoms with van der Waals surface area (Å²) in [4.78, 5) is 10.5. The van der Waals surface area contributed by atoms with Gasteiger partial charge < -0.3 is 10.4 Å². The van der Waals surface area contributed by atoms with Gasteiger partial charge in [-0.2, -0.15) is 0 Å². The van der Waals surface area contributed by atoms with Crippen molar-refractivity contribution < 1.29 is 9.90 Å². The van der Waals surface area contributed by atoms with E-state index in [-0.39, 0.29) is 0 Å². The molecule has 0 bridgehead atoms. The maximum absolute atomic E-state index is 10.5. The van der Waals surface area contributed by atoms with Crippen molar-refractivity contribution in [3.8, 4) is 0 Å². The van der Waals surface area contributed by atoms with E-state index in [9.17, 15) is 4.79 Å². The van der Waals surface area contributed by atoms with E-state index in [1.54, 1.807) is 6.92 Å². The Balaban J connectivity index is 2.64. The monoisotopic (exact) mass is 215 g/mol. The van der Waals surface area contributed by atoms with E-state index >= 15 is 0 Å². The summed E-state index contributed by atoms with van der Waals surface area (Å²) < 4.78 is 0. The van der Waals surface area contributed by atoms with Crippen molar-refractivity contribution in [3.63, 3.8) is 0 Å². The maximum Gasteiger partial charge on any atom is 0.325 e. The fourth-order valence-electron chi connectivity index (χ4n) is 0.773. The second-order valence-corrected chi connectivity index (χ2v) is 4.31. The van der Waals surface area contributed by atoms with E-state index in [1.807, 2.05) is 13.8 Å². The van der Waals surface area contributed by atoms with Crippen molar-refractivity contribution in [2.24, 2.45) is 0 Å². The number of hydrogen-bond acceptors (Lipinski definition) is 5. The zero-order valence-electron chi connectivity index (χ0n) is 8.31. The Hall–Kier alpha value is -1.17. The summed E-state index contributed by atoms with van der Waals surface area (Å²) in [5.41, 5.74) is 0. The van der Waals surface area contributed by atoms with Crippen LogP contribution < -0.4 is 5.32 Å². The Kier molecular flexibility index (Phi) is 3.40. The number of aliphatic carboxylic acids is 1. The van der Waals surface area contributed by atoms with Crippen LogP contribution in [0.5, 0.6) is 0 Å². The first-order chi connectivity index (χ1) is 6.50. The van der Waals surface area contributed by atoms with E-state index in [1.165, 1.54) is 11.3 Å². The molecule has 6 heteroatoms. The van der Waals surface area contributed by atoms with Gasteiger partial charge in [0.15, 0.2) is 0 Å². The fourth-order valence-corrected chi connectivity index (χ4v) is 1.61. The van der Waals surface area contributed by atoms with Gasteiger partial charge in [-0.3, -0.25) is 4.79 Å².